The summed E-state index contributed by atoms with van der Waals surface area (Å²) >= 11 is 15.8. The number of nitrogens with zero attached hydrogens (tertiary/aromatic N) is 2. The smallest absolute Gasteiger partial charge is 0.117 e. The first kappa shape index (κ1) is 14.4. The van der Waals surface area contributed by atoms with Crippen LogP contribution >= 0.6 is 39.1 Å². The molecule has 3 aromatic rings. The largest absolute Gasteiger partial charge is 0.396 e. The van der Waals surface area contributed by atoms with E-state index in [4.69, 9.17) is 28.9 Å². The van der Waals surface area contributed by atoms with Crippen molar-refractivity contribution in [3.05, 3.63) is 63.2 Å². The average Bonchev–Trinajstić information content (AvgIpc) is 2.84. The zero-order valence-corrected chi connectivity index (χ0v) is 13.8. The molecule has 0 saturated heterocycles. The van der Waals surface area contributed by atoms with Crippen molar-refractivity contribution in [2.45, 2.75) is 0 Å². The molecule has 6 heteroatoms. The Morgan fingerprint density at radius 2 is 1.81 bits per heavy atom. The maximum atomic E-state index is 6.24. The molecule has 3 rings (SSSR count). The van der Waals surface area contributed by atoms with E-state index in [-0.39, 0.29) is 0 Å². The number of benzene rings is 2. The lowest BCUT2D eigenvalue weighted by Gasteiger charge is -2.05. The summed E-state index contributed by atoms with van der Waals surface area (Å²) in [5, 5.41) is 5.46. The average molecular weight is 383 g/mol. The molecule has 106 valence electrons. The fraction of sp³-hybridized carbons (Fsp3) is 0. The van der Waals surface area contributed by atoms with E-state index in [0.29, 0.717) is 27.0 Å². The van der Waals surface area contributed by atoms with E-state index in [1.54, 1.807) is 16.9 Å². The van der Waals surface area contributed by atoms with Gasteiger partial charge in [0.05, 0.1) is 27.6 Å². The number of halogens is 3. The van der Waals surface area contributed by atoms with Crippen LogP contribution < -0.4 is 5.73 Å². The summed E-state index contributed by atoms with van der Waals surface area (Å²) < 4.78 is 2.64. The zero-order chi connectivity index (χ0) is 15.0. The van der Waals surface area contributed by atoms with E-state index in [1.807, 2.05) is 36.4 Å². The van der Waals surface area contributed by atoms with Gasteiger partial charge in [-0.25, -0.2) is 4.68 Å². The van der Waals surface area contributed by atoms with Crippen LogP contribution in [0, 0.1) is 0 Å². The summed E-state index contributed by atoms with van der Waals surface area (Å²) in [7, 11) is 0. The van der Waals surface area contributed by atoms with Crippen LogP contribution in [0.1, 0.15) is 0 Å². The van der Waals surface area contributed by atoms with Gasteiger partial charge < -0.3 is 5.73 Å². The van der Waals surface area contributed by atoms with Gasteiger partial charge in [0.2, 0.25) is 0 Å². The molecule has 21 heavy (non-hydrogen) atoms. The molecule has 3 nitrogen and oxygen atoms in total. The minimum absolute atomic E-state index is 0.447. The molecule has 0 bridgehead atoms. The topological polar surface area (TPSA) is 43.8 Å². The van der Waals surface area contributed by atoms with Crippen LogP contribution in [-0.2, 0) is 0 Å². The minimum Gasteiger partial charge on any atom is -0.396 e. The summed E-state index contributed by atoms with van der Waals surface area (Å²) in [6, 6.07) is 13.2. The van der Waals surface area contributed by atoms with Crippen molar-refractivity contribution in [3.8, 4) is 16.9 Å². The molecule has 2 aromatic carbocycles. The van der Waals surface area contributed by atoms with E-state index in [2.05, 4.69) is 21.0 Å². The molecule has 0 aliphatic rings. The molecule has 2 N–H and O–H groups in total. The van der Waals surface area contributed by atoms with Gasteiger partial charge in [-0.2, -0.15) is 5.10 Å². The van der Waals surface area contributed by atoms with E-state index >= 15 is 0 Å². The molecule has 0 aliphatic heterocycles. The molecular formula is C15H10BrCl2N3. The van der Waals surface area contributed by atoms with Gasteiger partial charge in [-0.3, -0.25) is 0 Å². The minimum atomic E-state index is 0.447. The number of hydrogen-bond donors (Lipinski definition) is 1. The molecule has 0 radical (unpaired) electrons. The van der Waals surface area contributed by atoms with Gasteiger partial charge in [0.15, 0.2) is 0 Å². The van der Waals surface area contributed by atoms with E-state index in [0.717, 1.165) is 10.2 Å². The maximum absolute atomic E-state index is 6.24. The number of para-hydroxylation sites is 1. The molecule has 0 unspecified atom stereocenters. The van der Waals surface area contributed by atoms with Crippen molar-refractivity contribution in [3.63, 3.8) is 0 Å². The van der Waals surface area contributed by atoms with Crippen LogP contribution in [-0.4, -0.2) is 9.78 Å². The predicted octanol–water partition coefficient (Wildman–Crippen LogP) is 5.19. The second-order valence-corrected chi connectivity index (χ2v) is 6.07. The van der Waals surface area contributed by atoms with Crippen molar-refractivity contribution in [2.75, 3.05) is 5.73 Å². The van der Waals surface area contributed by atoms with E-state index in [9.17, 15) is 0 Å². The lowest BCUT2D eigenvalue weighted by Crippen LogP contribution is -1.95. The van der Waals surface area contributed by atoms with Crippen molar-refractivity contribution in [1.29, 1.82) is 0 Å². The molecule has 0 saturated carbocycles. The van der Waals surface area contributed by atoms with Crippen LogP contribution in [0.25, 0.3) is 16.9 Å². The van der Waals surface area contributed by atoms with E-state index < -0.39 is 0 Å². The third-order valence-corrected chi connectivity index (χ3v) is 4.54. The number of rotatable bonds is 2. The molecule has 1 heterocycles. The first-order valence-corrected chi connectivity index (χ1v) is 7.67. The highest BCUT2D eigenvalue weighted by atomic mass is 79.9. The first-order valence-electron chi connectivity index (χ1n) is 6.12. The van der Waals surface area contributed by atoms with Crippen molar-refractivity contribution < 1.29 is 0 Å². The van der Waals surface area contributed by atoms with Gasteiger partial charge in [-0.05, 0) is 34.1 Å². The fourth-order valence-electron chi connectivity index (χ4n) is 2.04. The highest BCUT2D eigenvalue weighted by Crippen LogP contribution is 2.36. The monoisotopic (exact) mass is 381 g/mol. The first-order chi connectivity index (χ1) is 10.1. The number of aromatic nitrogens is 2. The Morgan fingerprint density at radius 1 is 1.05 bits per heavy atom. The Hall–Kier alpha value is -1.49. The summed E-state index contributed by atoms with van der Waals surface area (Å²) in [5.41, 5.74) is 8.84. The van der Waals surface area contributed by atoms with Crippen molar-refractivity contribution in [2.24, 2.45) is 0 Å². The van der Waals surface area contributed by atoms with Crippen LogP contribution in [0.5, 0.6) is 0 Å². The van der Waals surface area contributed by atoms with Crippen molar-refractivity contribution >= 4 is 44.8 Å². The Balaban J connectivity index is 2.15. The van der Waals surface area contributed by atoms with Gasteiger partial charge in [0.1, 0.15) is 5.69 Å². The quantitative estimate of drug-likeness (QED) is 0.662. The number of nitrogens with two attached hydrogens (primary N) is 1. The lowest BCUT2D eigenvalue weighted by molar-refractivity contribution is 0.880. The highest BCUT2D eigenvalue weighted by Gasteiger charge is 2.15. The third-order valence-electron chi connectivity index (χ3n) is 3.05. The number of hydrogen-bond acceptors (Lipinski definition) is 2. The zero-order valence-electron chi connectivity index (χ0n) is 10.7. The van der Waals surface area contributed by atoms with E-state index in [1.165, 1.54) is 0 Å². The van der Waals surface area contributed by atoms with Crippen LogP contribution in [0.2, 0.25) is 10.0 Å². The fourth-order valence-corrected chi connectivity index (χ4v) is 2.90. The lowest BCUT2D eigenvalue weighted by atomic mass is 10.1. The summed E-state index contributed by atoms with van der Waals surface area (Å²) in [4.78, 5) is 0. The summed E-state index contributed by atoms with van der Waals surface area (Å²) in [5.74, 6) is 0. The van der Waals surface area contributed by atoms with Crippen LogP contribution in [0.4, 0.5) is 5.69 Å². The summed E-state index contributed by atoms with van der Waals surface area (Å²) in [6.07, 6.45) is 1.76. The molecular weight excluding hydrogens is 373 g/mol. The molecule has 0 atom stereocenters. The second-order valence-electron chi connectivity index (χ2n) is 4.43. The Bertz CT molecular complexity index is 814. The Labute approximate surface area is 140 Å². The molecule has 0 amide bonds. The number of anilines is 1. The Kier molecular flexibility index (Phi) is 3.93. The highest BCUT2D eigenvalue weighted by molar-refractivity contribution is 9.10. The van der Waals surface area contributed by atoms with Gasteiger partial charge >= 0.3 is 0 Å². The van der Waals surface area contributed by atoms with Crippen LogP contribution in [0.15, 0.2) is 53.1 Å². The molecule has 0 aliphatic carbocycles. The Morgan fingerprint density at radius 3 is 2.57 bits per heavy atom. The SMILES string of the molecule is Nc1cn(-c2ccccc2Br)nc1-c1cccc(Cl)c1Cl. The van der Waals surface area contributed by atoms with Gasteiger partial charge in [-0.15, -0.1) is 0 Å². The van der Waals surface area contributed by atoms with Gasteiger partial charge in [0.25, 0.3) is 0 Å². The number of nitrogen functional groups attached to an aromatic ring is 1. The third kappa shape index (κ3) is 2.67. The van der Waals surface area contributed by atoms with Crippen molar-refractivity contribution in [1.82, 2.24) is 9.78 Å². The predicted molar refractivity (Wildman–Crippen MR) is 91.1 cm³/mol. The molecule has 0 fully saturated rings. The standard InChI is InChI=1S/C15H10BrCl2N3/c16-10-5-1-2-7-13(10)21-8-12(19)15(20-21)9-4-3-6-11(17)14(9)18/h1-8H,19H2. The second kappa shape index (κ2) is 5.72. The molecule has 0 spiro atoms. The molecule has 1 aromatic heterocycles. The normalized spacial score (nSPS) is 10.8. The van der Waals surface area contributed by atoms with Gasteiger partial charge in [0, 0.05) is 10.0 Å². The van der Waals surface area contributed by atoms with Gasteiger partial charge in [-0.1, -0.05) is 47.5 Å². The van der Waals surface area contributed by atoms with Crippen LogP contribution in [0.3, 0.4) is 0 Å². The maximum Gasteiger partial charge on any atom is 0.117 e. The summed E-state index contributed by atoms with van der Waals surface area (Å²) in [6.45, 7) is 0.